The summed E-state index contributed by atoms with van der Waals surface area (Å²) in [4.78, 5) is 24.7. The van der Waals surface area contributed by atoms with E-state index in [2.05, 4.69) is 20.1 Å². The average Bonchev–Trinajstić information content (AvgIpc) is 2.76. The van der Waals surface area contributed by atoms with E-state index in [9.17, 15) is 27.2 Å². The lowest BCUT2D eigenvalue weighted by atomic mass is 10.1. The molecule has 6 nitrogen and oxygen atoms in total. The SMILES string of the molecule is O=C(Nc1ccc(OC(F)F)cc1)c1ccc(C(=O)Nc2ccc(OC(F)F)cc2)cc1. The van der Waals surface area contributed by atoms with Crippen LogP contribution in [-0.4, -0.2) is 25.0 Å². The van der Waals surface area contributed by atoms with Crippen molar-refractivity contribution < 1.29 is 36.6 Å². The fraction of sp³-hybridized carbons (Fsp3) is 0.0909. The Morgan fingerprint density at radius 1 is 0.562 bits per heavy atom. The Balaban J connectivity index is 1.57. The third kappa shape index (κ3) is 6.46. The van der Waals surface area contributed by atoms with Gasteiger partial charge in [0.1, 0.15) is 11.5 Å². The zero-order chi connectivity index (χ0) is 23.1. The van der Waals surface area contributed by atoms with E-state index in [0.29, 0.717) is 11.4 Å². The van der Waals surface area contributed by atoms with Gasteiger partial charge in [0.2, 0.25) is 0 Å². The standard InChI is InChI=1S/C22H16F4N2O4/c23-21(24)31-17-9-5-15(6-10-17)27-19(29)13-1-2-14(4-3-13)20(30)28-16-7-11-18(12-8-16)32-22(25)26/h1-12,21-22H,(H,27,29)(H,28,30). The van der Waals surface area contributed by atoms with Crippen LogP contribution in [0.3, 0.4) is 0 Å². The van der Waals surface area contributed by atoms with E-state index in [0.717, 1.165) is 0 Å². The molecule has 166 valence electrons. The first kappa shape index (κ1) is 22.6. The highest BCUT2D eigenvalue weighted by molar-refractivity contribution is 6.07. The Bertz CT molecular complexity index is 970. The summed E-state index contributed by atoms with van der Waals surface area (Å²) >= 11 is 0. The summed E-state index contributed by atoms with van der Waals surface area (Å²) in [6.45, 7) is -5.88. The molecule has 0 saturated carbocycles. The van der Waals surface area contributed by atoms with Crippen LogP contribution in [0.25, 0.3) is 0 Å². The molecule has 2 amide bonds. The van der Waals surface area contributed by atoms with Gasteiger partial charge < -0.3 is 20.1 Å². The normalized spacial score (nSPS) is 10.7. The first-order chi connectivity index (χ1) is 15.3. The van der Waals surface area contributed by atoms with Gasteiger partial charge in [-0.15, -0.1) is 0 Å². The predicted molar refractivity (Wildman–Crippen MR) is 108 cm³/mol. The predicted octanol–water partition coefficient (Wildman–Crippen LogP) is 5.39. The maximum absolute atomic E-state index is 12.3. The van der Waals surface area contributed by atoms with Crippen molar-refractivity contribution in [3.63, 3.8) is 0 Å². The van der Waals surface area contributed by atoms with Gasteiger partial charge in [0.25, 0.3) is 11.8 Å². The summed E-state index contributed by atoms with van der Waals surface area (Å²) in [5.41, 5.74) is 1.28. The van der Waals surface area contributed by atoms with Gasteiger partial charge in [0.15, 0.2) is 0 Å². The Labute approximate surface area is 179 Å². The molecule has 3 aromatic carbocycles. The number of nitrogens with one attached hydrogen (secondary N) is 2. The molecule has 32 heavy (non-hydrogen) atoms. The van der Waals surface area contributed by atoms with Crippen molar-refractivity contribution in [1.29, 1.82) is 0 Å². The van der Waals surface area contributed by atoms with E-state index in [-0.39, 0.29) is 22.6 Å². The van der Waals surface area contributed by atoms with Crippen molar-refractivity contribution in [3.8, 4) is 11.5 Å². The molecule has 10 heteroatoms. The quantitative estimate of drug-likeness (QED) is 0.453. The number of ether oxygens (including phenoxy) is 2. The minimum atomic E-state index is -2.94. The van der Waals surface area contributed by atoms with Gasteiger partial charge in [0.05, 0.1) is 0 Å². The largest absolute Gasteiger partial charge is 0.435 e. The average molecular weight is 448 g/mol. The molecule has 0 spiro atoms. The summed E-state index contributed by atoms with van der Waals surface area (Å²) in [5, 5.41) is 5.20. The van der Waals surface area contributed by atoms with Crippen molar-refractivity contribution in [2.75, 3.05) is 10.6 Å². The van der Waals surface area contributed by atoms with Crippen LogP contribution < -0.4 is 20.1 Å². The Kier molecular flexibility index (Phi) is 7.27. The molecule has 0 aliphatic heterocycles. The lowest BCUT2D eigenvalue weighted by Crippen LogP contribution is -2.14. The third-order valence-electron chi connectivity index (χ3n) is 4.08. The molecular formula is C22H16F4N2O4. The van der Waals surface area contributed by atoms with Crippen LogP contribution in [-0.2, 0) is 0 Å². The van der Waals surface area contributed by atoms with Crippen molar-refractivity contribution in [2.45, 2.75) is 13.2 Å². The van der Waals surface area contributed by atoms with Gasteiger partial charge in [-0.1, -0.05) is 0 Å². The first-order valence-corrected chi connectivity index (χ1v) is 9.12. The van der Waals surface area contributed by atoms with Crippen molar-refractivity contribution in [3.05, 3.63) is 83.9 Å². The van der Waals surface area contributed by atoms with Gasteiger partial charge in [0, 0.05) is 22.5 Å². The maximum atomic E-state index is 12.3. The topological polar surface area (TPSA) is 76.7 Å². The minimum Gasteiger partial charge on any atom is -0.435 e. The highest BCUT2D eigenvalue weighted by Crippen LogP contribution is 2.20. The molecule has 0 heterocycles. The zero-order valence-electron chi connectivity index (χ0n) is 16.2. The fourth-order valence-electron chi connectivity index (χ4n) is 2.62. The molecule has 0 fully saturated rings. The van der Waals surface area contributed by atoms with Crippen molar-refractivity contribution in [1.82, 2.24) is 0 Å². The van der Waals surface area contributed by atoms with Crippen LogP contribution in [0.5, 0.6) is 11.5 Å². The monoisotopic (exact) mass is 448 g/mol. The van der Waals surface area contributed by atoms with Crippen molar-refractivity contribution >= 4 is 23.2 Å². The van der Waals surface area contributed by atoms with E-state index in [1.807, 2.05) is 0 Å². The molecule has 0 bridgehead atoms. The van der Waals surface area contributed by atoms with E-state index < -0.39 is 25.0 Å². The number of hydrogen-bond acceptors (Lipinski definition) is 4. The number of halogens is 4. The molecule has 3 rings (SSSR count). The molecule has 3 aromatic rings. The van der Waals surface area contributed by atoms with Crippen LogP contribution in [0, 0.1) is 0 Å². The van der Waals surface area contributed by atoms with Crippen LogP contribution in [0.2, 0.25) is 0 Å². The summed E-state index contributed by atoms with van der Waals surface area (Å²) in [6, 6.07) is 16.6. The zero-order valence-corrected chi connectivity index (χ0v) is 16.2. The molecule has 0 saturated heterocycles. The number of alkyl halides is 4. The Morgan fingerprint density at radius 2 is 0.875 bits per heavy atom. The summed E-state index contributed by atoms with van der Waals surface area (Å²) < 4.78 is 57.2. The van der Waals surface area contributed by atoms with Crippen molar-refractivity contribution in [2.24, 2.45) is 0 Å². The molecule has 0 aliphatic carbocycles. The molecule has 0 radical (unpaired) electrons. The number of benzene rings is 3. The second-order valence-electron chi connectivity index (χ2n) is 6.29. The summed E-state index contributed by atoms with van der Waals surface area (Å²) in [6.07, 6.45) is 0. The number of rotatable bonds is 8. The minimum absolute atomic E-state index is 0.0375. The second kappa shape index (κ2) is 10.3. The Hall–Kier alpha value is -4.08. The number of amides is 2. The number of anilines is 2. The van der Waals surface area contributed by atoms with Gasteiger partial charge >= 0.3 is 13.2 Å². The van der Waals surface area contributed by atoms with Gasteiger partial charge in [-0.3, -0.25) is 9.59 Å². The van der Waals surface area contributed by atoms with Crippen LogP contribution in [0.4, 0.5) is 28.9 Å². The van der Waals surface area contributed by atoms with E-state index in [4.69, 9.17) is 0 Å². The molecule has 0 unspecified atom stereocenters. The van der Waals surface area contributed by atoms with Crippen LogP contribution in [0.15, 0.2) is 72.8 Å². The summed E-state index contributed by atoms with van der Waals surface area (Å²) in [5.74, 6) is -1.00. The number of carbonyl (C=O) groups is 2. The van der Waals surface area contributed by atoms with E-state index >= 15 is 0 Å². The smallest absolute Gasteiger partial charge is 0.387 e. The van der Waals surface area contributed by atoms with E-state index in [1.54, 1.807) is 0 Å². The Morgan fingerprint density at radius 3 is 1.16 bits per heavy atom. The third-order valence-corrected chi connectivity index (χ3v) is 4.08. The van der Waals surface area contributed by atoms with Gasteiger partial charge in [-0.25, -0.2) is 0 Å². The van der Waals surface area contributed by atoms with Crippen LogP contribution in [0.1, 0.15) is 20.7 Å². The number of carbonyl (C=O) groups excluding carboxylic acids is 2. The van der Waals surface area contributed by atoms with Crippen LogP contribution >= 0.6 is 0 Å². The second-order valence-corrected chi connectivity index (χ2v) is 6.29. The first-order valence-electron chi connectivity index (χ1n) is 9.12. The highest BCUT2D eigenvalue weighted by atomic mass is 19.3. The molecular weight excluding hydrogens is 432 g/mol. The number of hydrogen-bond donors (Lipinski definition) is 2. The van der Waals surface area contributed by atoms with Gasteiger partial charge in [-0.2, -0.15) is 17.6 Å². The van der Waals surface area contributed by atoms with Gasteiger partial charge in [-0.05, 0) is 72.8 Å². The van der Waals surface area contributed by atoms with E-state index in [1.165, 1.54) is 72.8 Å². The molecule has 0 atom stereocenters. The molecule has 0 aliphatic rings. The lowest BCUT2D eigenvalue weighted by molar-refractivity contribution is -0.0505. The highest BCUT2D eigenvalue weighted by Gasteiger charge is 2.11. The fourth-order valence-corrected chi connectivity index (χ4v) is 2.62. The summed E-state index contributed by atoms with van der Waals surface area (Å²) in [7, 11) is 0. The maximum Gasteiger partial charge on any atom is 0.387 e. The lowest BCUT2D eigenvalue weighted by Gasteiger charge is -2.09. The molecule has 0 aromatic heterocycles. The molecule has 2 N–H and O–H groups in total.